The molecule has 0 N–H and O–H groups in total. The van der Waals surface area contributed by atoms with Gasteiger partial charge in [-0.3, -0.25) is 0 Å². The Kier molecular flexibility index (Phi) is 10.8. The smallest absolute Gasteiger partial charge is 0.419 e. The molecule has 0 bridgehead atoms. The Morgan fingerprint density at radius 1 is 0.680 bits per heavy atom. The number of rotatable bonds is 9. The Hall–Kier alpha value is -1.26. The number of unbranched alkanes of at least 4 members (excludes halogenated alkanes) is 7. The molecule has 0 spiro atoms. The topological polar surface area (TPSA) is 55.8 Å². The second kappa shape index (κ2) is 11.4. The molecule has 0 saturated heterocycles. The summed E-state index contributed by atoms with van der Waals surface area (Å²) in [6.07, 6.45) is 7.92. The van der Waals surface area contributed by atoms with E-state index in [0.29, 0.717) is 6.54 Å². The molecule has 0 fully saturated rings. The number of ether oxygens (including phenoxy) is 2. The summed E-state index contributed by atoms with van der Waals surface area (Å²) in [6.45, 7) is 13.3. The molecule has 2 amide bonds. The SMILES string of the molecule is CCCCCCCCCCN(C(=O)OC(C)(C)C)C(=O)OC(C)(C)C. The van der Waals surface area contributed by atoms with E-state index in [-0.39, 0.29) is 0 Å². The third-order valence-electron chi connectivity index (χ3n) is 3.46. The van der Waals surface area contributed by atoms with Crippen LogP contribution in [0.3, 0.4) is 0 Å². The number of amides is 2. The van der Waals surface area contributed by atoms with Gasteiger partial charge >= 0.3 is 12.2 Å². The quantitative estimate of drug-likeness (QED) is 0.454. The van der Waals surface area contributed by atoms with Crippen LogP contribution in [0, 0.1) is 0 Å². The average Bonchev–Trinajstić information content (AvgIpc) is 2.41. The minimum atomic E-state index is -0.642. The van der Waals surface area contributed by atoms with Gasteiger partial charge in [0.05, 0.1) is 0 Å². The molecule has 0 radical (unpaired) electrons. The molecule has 0 saturated carbocycles. The van der Waals surface area contributed by atoms with Crippen LogP contribution in [0.25, 0.3) is 0 Å². The van der Waals surface area contributed by atoms with E-state index in [1.807, 2.05) is 0 Å². The van der Waals surface area contributed by atoms with Crippen molar-refractivity contribution in [3.63, 3.8) is 0 Å². The first kappa shape index (κ1) is 23.7. The van der Waals surface area contributed by atoms with Crippen LogP contribution in [-0.2, 0) is 9.47 Å². The molecule has 0 heterocycles. The summed E-state index contributed by atoms with van der Waals surface area (Å²) in [5.74, 6) is 0. The summed E-state index contributed by atoms with van der Waals surface area (Å²) < 4.78 is 10.7. The second-order valence-electron chi connectivity index (χ2n) is 8.59. The summed E-state index contributed by atoms with van der Waals surface area (Å²) in [6, 6.07) is 0. The molecule has 148 valence electrons. The highest BCUT2D eigenvalue weighted by Gasteiger charge is 2.30. The predicted octanol–water partition coefficient (Wildman–Crippen LogP) is 6.30. The van der Waals surface area contributed by atoms with Gasteiger partial charge in [-0.15, -0.1) is 0 Å². The lowest BCUT2D eigenvalue weighted by molar-refractivity contribution is 0.00118. The largest absolute Gasteiger partial charge is 0.443 e. The van der Waals surface area contributed by atoms with Crippen molar-refractivity contribution >= 4 is 12.2 Å². The number of carbonyl (C=O) groups excluding carboxylic acids is 2. The van der Waals surface area contributed by atoms with Gasteiger partial charge in [0.15, 0.2) is 0 Å². The number of hydrogen-bond donors (Lipinski definition) is 0. The molecular formula is C20H39NO4. The number of imide groups is 1. The highest BCUT2D eigenvalue weighted by molar-refractivity contribution is 5.88. The monoisotopic (exact) mass is 357 g/mol. The van der Waals surface area contributed by atoms with Crippen LogP contribution in [0.2, 0.25) is 0 Å². The van der Waals surface area contributed by atoms with Crippen molar-refractivity contribution in [2.24, 2.45) is 0 Å². The van der Waals surface area contributed by atoms with Crippen molar-refractivity contribution in [1.29, 1.82) is 0 Å². The highest BCUT2D eigenvalue weighted by atomic mass is 16.6. The van der Waals surface area contributed by atoms with Gasteiger partial charge in [-0.1, -0.05) is 51.9 Å². The van der Waals surface area contributed by atoms with E-state index < -0.39 is 23.4 Å². The van der Waals surface area contributed by atoms with Gasteiger partial charge in [0, 0.05) is 6.54 Å². The van der Waals surface area contributed by atoms with E-state index in [1.54, 1.807) is 41.5 Å². The lowest BCUT2D eigenvalue weighted by Crippen LogP contribution is -2.44. The van der Waals surface area contributed by atoms with Gasteiger partial charge in [-0.25, -0.2) is 14.5 Å². The Bertz CT molecular complexity index is 365. The van der Waals surface area contributed by atoms with E-state index in [2.05, 4.69) is 6.92 Å². The minimum Gasteiger partial charge on any atom is -0.443 e. The van der Waals surface area contributed by atoms with Crippen molar-refractivity contribution in [3.05, 3.63) is 0 Å². The van der Waals surface area contributed by atoms with E-state index in [0.717, 1.165) is 24.2 Å². The van der Waals surface area contributed by atoms with Crippen LogP contribution in [0.5, 0.6) is 0 Å². The van der Waals surface area contributed by atoms with Gasteiger partial charge in [-0.05, 0) is 48.0 Å². The maximum absolute atomic E-state index is 12.3. The summed E-state index contributed by atoms with van der Waals surface area (Å²) in [5, 5.41) is 0. The zero-order valence-corrected chi connectivity index (χ0v) is 17.4. The molecule has 0 unspecified atom stereocenters. The highest BCUT2D eigenvalue weighted by Crippen LogP contribution is 2.16. The summed E-state index contributed by atoms with van der Waals surface area (Å²) in [4.78, 5) is 25.7. The number of carbonyl (C=O) groups is 2. The predicted molar refractivity (Wildman–Crippen MR) is 102 cm³/mol. The first-order valence-electron chi connectivity index (χ1n) is 9.70. The first-order valence-corrected chi connectivity index (χ1v) is 9.70. The Balaban J connectivity index is 4.45. The van der Waals surface area contributed by atoms with E-state index in [1.165, 1.54) is 32.1 Å². The number of nitrogens with zero attached hydrogens (tertiary/aromatic N) is 1. The van der Waals surface area contributed by atoms with Crippen LogP contribution < -0.4 is 0 Å². The molecule has 0 atom stereocenters. The van der Waals surface area contributed by atoms with E-state index in [4.69, 9.17) is 9.47 Å². The van der Waals surface area contributed by atoms with Crippen LogP contribution in [-0.4, -0.2) is 34.8 Å². The van der Waals surface area contributed by atoms with Crippen LogP contribution in [0.4, 0.5) is 9.59 Å². The fourth-order valence-electron chi connectivity index (χ4n) is 2.29. The van der Waals surface area contributed by atoms with E-state index >= 15 is 0 Å². The molecule has 5 heteroatoms. The minimum absolute atomic E-state index is 0.332. The van der Waals surface area contributed by atoms with Crippen molar-refractivity contribution in [2.45, 2.75) is 111 Å². The summed E-state index contributed by atoms with van der Waals surface area (Å²) >= 11 is 0. The molecule has 0 aromatic rings. The van der Waals surface area contributed by atoms with E-state index in [9.17, 15) is 9.59 Å². The maximum Gasteiger partial charge on any atom is 0.419 e. The molecule has 0 aliphatic carbocycles. The second-order valence-corrected chi connectivity index (χ2v) is 8.59. The molecule has 0 rings (SSSR count). The third kappa shape index (κ3) is 13.7. The molecule has 0 aliphatic heterocycles. The standard InChI is InChI=1S/C20H39NO4/c1-8-9-10-11-12-13-14-15-16-21(17(22)24-19(2,3)4)18(23)25-20(5,6)7/h8-16H2,1-7H3. The normalized spacial score (nSPS) is 12.0. The Morgan fingerprint density at radius 2 is 1.04 bits per heavy atom. The molecule has 25 heavy (non-hydrogen) atoms. The van der Waals surface area contributed by atoms with Crippen molar-refractivity contribution < 1.29 is 19.1 Å². The molecule has 0 aromatic heterocycles. The first-order chi connectivity index (χ1) is 11.5. The average molecular weight is 358 g/mol. The maximum atomic E-state index is 12.3. The van der Waals surface area contributed by atoms with Gasteiger partial charge in [0.2, 0.25) is 0 Å². The molecule has 5 nitrogen and oxygen atoms in total. The van der Waals surface area contributed by atoms with Crippen molar-refractivity contribution in [1.82, 2.24) is 4.90 Å². The van der Waals surface area contributed by atoms with Crippen LogP contribution in [0.15, 0.2) is 0 Å². The zero-order valence-electron chi connectivity index (χ0n) is 17.4. The van der Waals surface area contributed by atoms with Crippen molar-refractivity contribution in [2.75, 3.05) is 6.54 Å². The van der Waals surface area contributed by atoms with Crippen LogP contribution >= 0.6 is 0 Å². The lowest BCUT2D eigenvalue weighted by atomic mass is 10.1. The van der Waals surface area contributed by atoms with Gasteiger partial charge in [0.1, 0.15) is 11.2 Å². The van der Waals surface area contributed by atoms with Gasteiger partial charge in [0.25, 0.3) is 0 Å². The summed E-state index contributed by atoms with van der Waals surface area (Å²) in [7, 11) is 0. The number of hydrogen-bond acceptors (Lipinski definition) is 4. The van der Waals surface area contributed by atoms with Crippen LogP contribution in [0.1, 0.15) is 99.8 Å². The molecule has 0 aliphatic rings. The summed E-state index contributed by atoms with van der Waals surface area (Å²) in [5.41, 5.74) is -1.28. The molecule has 0 aromatic carbocycles. The molecular weight excluding hydrogens is 318 g/mol. The fraction of sp³-hybridized carbons (Fsp3) is 0.900. The Morgan fingerprint density at radius 3 is 1.40 bits per heavy atom. The van der Waals surface area contributed by atoms with Gasteiger partial charge < -0.3 is 9.47 Å². The third-order valence-corrected chi connectivity index (χ3v) is 3.46. The van der Waals surface area contributed by atoms with Crippen molar-refractivity contribution in [3.8, 4) is 0 Å². The van der Waals surface area contributed by atoms with Gasteiger partial charge in [-0.2, -0.15) is 0 Å². The zero-order chi connectivity index (χ0) is 19.5. The Labute approximate surface area is 154 Å². The lowest BCUT2D eigenvalue weighted by Gasteiger charge is -2.28. The fourth-order valence-corrected chi connectivity index (χ4v) is 2.29.